The van der Waals surface area contributed by atoms with Crippen molar-refractivity contribution in [1.82, 2.24) is 10.2 Å². The van der Waals surface area contributed by atoms with Gasteiger partial charge in [-0.15, -0.1) is 12.4 Å². The number of hydrogen-bond donors (Lipinski definition) is 1. The van der Waals surface area contributed by atoms with E-state index in [1.165, 1.54) is 35.1 Å². The third kappa shape index (κ3) is 2.14. The van der Waals surface area contributed by atoms with Gasteiger partial charge >= 0.3 is 0 Å². The van der Waals surface area contributed by atoms with E-state index < -0.39 is 0 Å². The minimum absolute atomic E-state index is 0. The molecular formula is C12H16BrClN2. The maximum Gasteiger partial charge on any atom is 0.0476 e. The highest BCUT2D eigenvalue weighted by Gasteiger charge is 2.28. The van der Waals surface area contributed by atoms with Gasteiger partial charge in [0.15, 0.2) is 0 Å². The van der Waals surface area contributed by atoms with Crippen molar-refractivity contribution in [2.45, 2.75) is 12.5 Å². The molecule has 3 rings (SSSR count). The molecule has 0 amide bonds. The molecule has 0 saturated carbocycles. The first-order valence-corrected chi connectivity index (χ1v) is 6.37. The lowest BCUT2D eigenvalue weighted by Crippen LogP contribution is -2.48. The Morgan fingerprint density at radius 3 is 3.06 bits per heavy atom. The van der Waals surface area contributed by atoms with Crippen molar-refractivity contribution in [3.8, 4) is 0 Å². The minimum Gasteiger partial charge on any atom is -0.314 e. The summed E-state index contributed by atoms with van der Waals surface area (Å²) in [5, 5.41) is 3.49. The fourth-order valence-electron chi connectivity index (χ4n) is 2.70. The highest BCUT2D eigenvalue weighted by molar-refractivity contribution is 9.10. The molecule has 1 atom stereocenters. The number of nitrogens with zero attached hydrogens (tertiary/aromatic N) is 1. The number of benzene rings is 1. The Kier molecular flexibility index (Phi) is 3.90. The van der Waals surface area contributed by atoms with Crippen LogP contribution in [0.3, 0.4) is 0 Å². The summed E-state index contributed by atoms with van der Waals surface area (Å²) in [6.45, 7) is 4.66. The zero-order chi connectivity index (χ0) is 10.3. The zero-order valence-corrected chi connectivity index (χ0v) is 11.5. The second-order valence-electron chi connectivity index (χ2n) is 4.35. The average molecular weight is 304 g/mol. The summed E-state index contributed by atoms with van der Waals surface area (Å²) in [7, 11) is 0. The molecule has 1 aromatic rings. The van der Waals surface area contributed by atoms with Crippen molar-refractivity contribution >= 4 is 28.3 Å². The lowest BCUT2D eigenvalue weighted by Gasteiger charge is -2.40. The Balaban J connectivity index is 0.000000963. The quantitative estimate of drug-likeness (QED) is 0.791. The maximum atomic E-state index is 3.55. The van der Waals surface area contributed by atoms with Crippen LogP contribution in [0.25, 0.3) is 0 Å². The topological polar surface area (TPSA) is 15.3 Å². The Morgan fingerprint density at radius 1 is 1.31 bits per heavy atom. The second-order valence-corrected chi connectivity index (χ2v) is 5.26. The maximum absolute atomic E-state index is 3.55. The molecular weight excluding hydrogens is 288 g/mol. The lowest BCUT2D eigenvalue weighted by molar-refractivity contribution is 0.152. The zero-order valence-electron chi connectivity index (χ0n) is 9.08. The van der Waals surface area contributed by atoms with Crippen molar-refractivity contribution in [2.24, 2.45) is 0 Å². The van der Waals surface area contributed by atoms with Gasteiger partial charge in [-0.2, -0.15) is 0 Å². The molecule has 88 valence electrons. The number of halogens is 2. The van der Waals surface area contributed by atoms with Crippen molar-refractivity contribution in [2.75, 3.05) is 26.2 Å². The standard InChI is InChI=1S/C12H15BrN2.ClH/c13-10-1-2-11-9(7-10)3-5-15-6-4-14-8-12(11)15;/h1-2,7,12,14H,3-6,8H2;1H. The van der Waals surface area contributed by atoms with E-state index in [0.29, 0.717) is 6.04 Å². The van der Waals surface area contributed by atoms with Gasteiger partial charge in [0.2, 0.25) is 0 Å². The predicted octanol–water partition coefficient (Wildman–Crippen LogP) is 2.37. The van der Waals surface area contributed by atoms with Gasteiger partial charge in [0.25, 0.3) is 0 Å². The molecule has 16 heavy (non-hydrogen) atoms. The van der Waals surface area contributed by atoms with Crippen molar-refractivity contribution < 1.29 is 0 Å². The number of nitrogens with one attached hydrogen (secondary N) is 1. The Labute approximate surface area is 111 Å². The summed E-state index contributed by atoms with van der Waals surface area (Å²) in [4.78, 5) is 2.60. The third-order valence-corrected chi connectivity index (χ3v) is 3.98. The van der Waals surface area contributed by atoms with Gasteiger partial charge in [0, 0.05) is 36.7 Å². The highest BCUT2D eigenvalue weighted by atomic mass is 79.9. The first kappa shape index (κ1) is 12.4. The van der Waals surface area contributed by atoms with E-state index in [1.54, 1.807) is 0 Å². The van der Waals surface area contributed by atoms with Crippen LogP contribution in [0, 0.1) is 0 Å². The van der Waals surface area contributed by atoms with Gasteiger partial charge in [-0.05, 0) is 29.7 Å². The minimum atomic E-state index is 0. The fraction of sp³-hybridized carbons (Fsp3) is 0.500. The molecule has 1 aromatic carbocycles. The number of piperazine rings is 1. The molecule has 0 aromatic heterocycles. The van der Waals surface area contributed by atoms with Crippen molar-refractivity contribution in [1.29, 1.82) is 0 Å². The molecule has 2 aliphatic heterocycles. The van der Waals surface area contributed by atoms with E-state index >= 15 is 0 Å². The van der Waals surface area contributed by atoms with Crippen LogP contribution in [0.2, 0.25) is 0 Å². The van der Waals surface area contributed by atoms with E-state index in [9.17, 15) is 0 Å². The van der Waals surface area contributed by atoms with E-state index in [-0.39, 0.29) is 12.4 Å². The Bertz CT molecular complexity index is 383. The summed E-state index contributed by atoms with van der Waals surface area (Å²) in [5.41, 5.74) is 3.05. The molecule has 1 saturated heterocycles. The van der Waals surface area contributed by atoms with E-state index in [1.807, 2.05) is 0 Å². The van der Waals surface area contributed by atoms with Crippen LogP contribution in [0.4, 0.5) is 0 Å². The molecule has 2 heterocycles. The van der Waals surface area contributed by atoms with Crippen LogP contribution in [0.1, 0.15) is 17.2 Å². The SMILES string of the molecule is Brc1ccc2c(c1)CCN1CCNCC21.Cl. The highest BCUT2D eigenvalue weighted by Crippen LogP contribution is 2.31. The normalized spacial score (nSPS) is 24.2. The van der Waals surface area contributed by atoms with Crippen LogP contribution < -0.4 is 5.32 Å². The molecule has 0 bridgehead atoms. The molecule has 1 N–H and O–H groups in total. The Morgan fingerprint density at radius 2 is 2.19 bits per heavy atom. The van der Waals surface area contributed by atoms with Crippen molar-refractivity contribution in [3.63, 3.8) is 0 Å². The molecule has 2 aliphatic rings. The molecule has 1 unspecified atom stereocenters. The monoisotopic (exact) mass is 302 g/mol. The van der Waals surface area contributed by atoms with Crippen LogP contribution in [0.5, 0.6) is 0 Å². The third-order valence-electron chi connectivity index (χ3n) is 3.49. The second kappa shape index (κ2) is 5.05. The van der Waals surface area contributed by atoms with Crippen LogP contribution in [-0.2, 0) is 6.42 Å². The summed E-state index contributed by atoms with van der Waals surface area (Å²) >= 11 is 3.55. The van der Waals surface area contributed by atoms with Gasteiger partial charge in [0.1, 0.15) is 0 Å². The van der Waals surface area contributed by atoms with E-state index in [0.717, 1.165) is 13.1 Å². The van der Waals surface area contributed by atoms with E-state index in [2.05, 4.69) is 44.3 Å². The number of rotatable bonds is 0. The van der Waals surface area contributed by atoms with Gasteiger partial charge in [-0.1, -0.05) is 22.0 Å². The molecule has 1 fully saturated rings. The number of hydrogen-bond acceptors (Lipinski definition) is 2. The molecule has 4 heteroatoms. The predicted molar refractivity (Wildman–Crippen MR) is 72.3 cm³/mol. The average Bonchev–Trinajstić information content (AvgIpc) is 2.28. The fourth-order valence-corrected chi connectivity index (χ4v) is 3.11. The molecule has 2 nitrogen and oxygen atoms in total. The summed E-state index contributed by atoms with van der Waals surface area (Å²) in [5.74, 6) is 0. The largest absolute Gasteiger partial charge is 0.314 e. The van der Waals surface area contributed by atoms with Crippen molar-refractivity contribution in [3.05, 3.63) is 33.8 Å². The van der Waals surface area contributed by atoms with Crippen LogP contribution >= 0.6 is 28.3 Å². The van der Waals surface area contributed by atoms with Crippen LogP contribution in [-0.4, -0.2) is 31.1 Å². The van der Waals surface area contributed by atoms with Gasteiger partial charge in [-0.25, -0.2) is 0 Å². The summed E-state index contributed by atoms with van der Waals surface area (Å²) in [6, 6.07) is 7.33. The van der Waals surface area contributed by atoms with Crippen LogP contribution in [0.15, 0.2) is 22.7 Å². The summed E-state index contributed by atoms with van der Waals surface area (Å²) < 4.78 is 1.21. The lowest BCUT2D eigenvalue weighted by atomic mass is 9.91. The smallest absolute Gasteiger partial charge is 0.0476 e. The molecule has 0 spiro atoms. The van der Waals surface area contributed by atoms with E-state index in [4.69, 9.17) is 0 Å². The van der Waals surface area contributed by atoms with Gasteiger partial charge < -0.3 is 5.32 Å². The first-order chi connectivity index (χ1) is 7.34. The molecule has 0 aliphatic carbocycles. The van der Waals surface area contributed by atoms with Gasteiger partial charge in [-0.3, -0.25) is 4.90 Å². The summed E-state index contributed by atoms with van der Waals surface area (Å²) in [6.07, 6.45) is 1.20. The molecule has 0 radical (unpaired) electrons. The van der Waals surface area contributed by atoms with Gasteiger partial charge in [0.05, 0.1) is 0 Å². The Hall–Kier alpha value is -0.0900. The first-order valence-electron chi connectivity index (χ1n) is 5.58. The number of fused-ring (bicyclic) bond motifs is 3.